The normalized spacial score (nSPS) is 30.5. The molecule has 2 unspecified atom stereocenters. The van der Waals surface area contributed by atoms with Crippen LogP contribution in [0.5, 0.6) is 0 Å². The van der Waals surface area contributed by atoms with Crippen molar-refractivity contribution in [2.75, 3.05) is 66.7 Å². The Kier molecular flexibility index (Phi) is 10.8. The molecule has 1 N–H and O–H groups in total. The summed E-state index contributed by atoms with van der Waals surface area (Å²) >= 11 is 0. The number of nitrogens with zero attached hydrogens (tertiary/aromatic N) is 3. The fourth-order valence-corrected chi connectivity index (χ4v) is 4.93. The average Bonchev–Trinajstić information content (AvgIpc) is 3.22. The summed E-state index contributed by atoms with van der Waals surface area (Å²) in [7, 11) is 4.10. The molecule has 3 fully saturated rings. The van der Waals surface area contributed by atoms with Crippen molar-refractivity contribution in [1.29, 1.82) is 0 Å². The minimum Gasteiger partial charge on any atom is -0.381 e. The highest BCUT2D eigenvalue weighted by molar-refractivity contribution is 14.0. The van der Waals surface area contributed by atoms with Crippen molar-refractivity contribution in [2.45, 2.75) is 45.1 Å². The van der Waals surface area contributed by atoms with Gasteiger partial charge in [-0.25, -0.2) is 0 Å². The number of hydrogen-bond acceptors (Lipinski definition) is 4. The summed E-state index contributed by atoms with van der Waals surface area (Å²) < 4.78 is 11.3. The number of hydrogen-bond donors (Lipinski definition) is 1. The Morgan fingerprint density at radius 1 is 1.11 bits per heavy atom. The van der Waals surface area contributed by atoms with Gasteiger partial charge in [0.2, 0.25) is 0 Å². The van der Waals surface area contributed by atoms with Gasteiger partial charge in [0.15, 0.2) is 5.96 Å². The van der Waals surface area contributed by atoms with E-state index in [2.05, 4.69) is 34.1 Å². The van der Waals surface area contributed by atoms with Crippen molar-refractivity contribution < 1.29 is 9.47 Å². The summed E-state index contributed by atoms with van der Waals surface area (Å²) in [5.41, 5.74) is 0. The zero-order valence-corrected chi connectivity index (χ0v) is 20.4. The van der Waals surface area contributed by atoms with Gasteiger partial charge in [-0.1, -0.05) is 19.8 Å². The van der Waals surface area contributed by atoms with Crippen LogP contribution in [0.2, 0.25) is 0 Å². The molecule has 0 aromatic heterocycles. The molecule has 2 saturated heterocycles. The van der Waals surface area contributed by atoms with Crippen molar-refractivity contribution >= 4 is 29.9 Å². The van der Waals surface area contributed by atoms with E-state index in [9.17, 15) is 0 Å². The van der Waals surface area contributed by atoms with E-state index in [1.54, 1.807) is 0 Å². The van der Waals surface area contributed by atoms with Gasteiger partial charge in [-0.3, -0.25) is 9.89 Å². The van der Waals surface area contributed by atoms with Gasteiger partial charge in [0.25, 0.3) is 0 Å². The van der Waals surface area contributed by atoms with Gasteiger partial charge in [-0.2, -0.15) is 0 Å². The Hall–Kier alpha value is -0.120. The van der Waals surface area contributed by atoms with Crippen LogP contribution in [0, 0.1) is 17.8 Å². The highest BCUT2D eigenvalue weighted by Gasteiger charge is 2.32. The first-order valence-corrected chi connectivity index (χ1v) is 11.0. The van der Waals surface area contributed by atoms with E-state index >= 15 is 0 Å². The third-order valence-corrected chi connectivity index (χ3v) is 6.73. The van der Waals surface area contributed by atoms with Gasteiger partial charge in [0.05, 0.1) is 19.8 Å². The zero-order valence-electron chi connectivity index (χ0n) is 18.1. The van der Waals surface area contributed by atoms with Crippen LogP contribution in [0.1, 0.15) is 39.0 Å². The molecule has 2 aliphatic heterocycles. The van der Waals surface area contributed by atoms with E-state index in [-0.39, 0.29) is 24.0 Å². The summed E-state index contributed by atoms with van der Waals surface area (Å²) in [6.07, 6.45) is 6.64. The summed E-state index contributed by atoms with van der Waals surface area (Å²) in [5, 5.41) is 3.68. The largest absolute Gasteiger partial charge is 0.381 e. The number of rotatable bonds is 6. The number of morpholine rings is 1. The molecule has 3 rings (SSSR count). The molecule has 3 aliphatic rings. The number of aliphatic imine (C=N–C) groups is 1. The minimum atomic E-state index is 0. The molecule has 2 heterocycles. The van der Waals surface area contributed by atoms with Crippen LogP contribution in [-0.4, -0.2) is 88.5 Å². The van der Waals surface area contributed by atoms with E-state index < -0.39 is 0 Å². The van der Waals surface area contributed by atoms with Gasteiger partial charge >= 0.3 is 0 Å². The van der Waals surface area contributed by atoms with E-state index in [0.717, 1.165) is 70.4 Å². The highest BCUT2D eigenvalue weighted by atomic mass is 127. The molecule has 0 amide bonds. The SMILES string of the molecule is CN=C(NCC(C1CCOC1)N1CCOCC1)N(C)CC1CCC(C)CC1.I. The van der Waals surface area contributed by atoms with Crippen LogP contribution in [0.25, 0.3) is 0 Å². The van der Waals surface area contributed by atoms with Gasteiger partial charge in [0.1, 0.15) is 0 Å². The number of nitrogens with one attached hydrogen (secondary N) is 1. The molecule has 1 aliphatic carbocycles. The van der Waals surface area contributed by atoms with Crippen LogP contribution in [0.4, 0.5) is 0 Å². The molecule has 7 heteroatoms. The maximum absolute atomic E-state index is 5.69. The van der Waals surface area contributed by atoms with Gasteiger partial charge in [-0.05, 0) is 31.1 Å². The lowest BCUT2D eigenvalue weighted by molar-refractivity contribution is 0.00234. The van der Waals surface area contributed by atoms with Crippen molar-refractivity contribution in [1.82, 2.24) is 15.1 Å². The van der Waals surface area contributed by atoms with Crippen molar-refractivity contribution in [3.05, 3.63) is 0 Å². The van der Waals surface area contributed by atoms with Crippen molar-refractivity contribution in [2.24, 2.45) is 22.7 Å². The van der Waals surface area contributed by atoms with E-state index in [1.807, 2.05) is 7.05 Å². The first-order chi connectivity index (χ1) is 13.2. The second kappa shape index (κ2) is 12.5. The summed E-state index contributed by atoms with van der Waals surface area (Å²) in [4.78, 5) is 9.49. The van der Waals surface area contributed by atoms with Gasteiger partial charge in [-0.15, -0.1) is 24.0 Å². The minimum absolute atomic E-state index is 0. The molecule has 164 valence electrons. The molecule has 0 radical (unpaired) electrons. The molecule has 0 bridgehead atoms. The second-order valence-electron chi connectivity index (χ2n) is 8.77. The summed E-state index contributed by atoms with van der Waals surface area (Å²) in [6, 6.07) is 0.497. The lowest BCUT2D eigenvalue weighted by Crippen LogP contribution is -2.54. The first-order valence-electron chi connectivity index (χ1n) is 11.0. The van der Waals surface area contributed by atoms with Crippen LogP contribution in [0.15, 0.2) is 4.99 Å². The topological polar surface area (TPSA) is 49.3 Å². The third-order valence-electron chi connectivity index (χ3n) is 6.73. The smallest absolute Gasteiger partial charge is 0.193 e. The first kappa shape index (κ1) is 24.2. The average molecular weight is 508 g/mol. The van der Waals surface area contributed by atoms with E-state index in [4.69, 9.17) is 9.47 Å². The monoisotopic (exact) mass is 508 g/mol. The Bertz CT molecular complexity index is 459. The third kappa shape index (κ3) is 6.99. The Balaban J connectivity index is 0.00000280. The molecular weight excluding hydrogens is 467 g/mol. The maximum atomic E-state index is 5.69. The number of ether oxygens (including phenoxy) is 2. The zero-order chi connectivity index (χ0) is 19.1. The molecule has 2 atom stereocenters. The van der Waals surface area contributed by atoms with E-state index in [0.29, 0.717) is 12.0 Å². The number of guanidine groups is 1. The van der Waals surface area contributed by atoms with Crippen molar-refractivity contribution in [3.63, 3.8) is 0 Å². The predicted octanol–water partition coefficient (Wildman–Crippen LogP) is 2.68. The fraction of sp³-hybridized carbons (Fsp3) is 0.952. The molecular formula is C21H41IN4O2. The molecule has 0 aromatic carbocycles. The van der Waals surface area contributed by atoms with Crippen LogP contribution < -0.4 is 5.32 Å². The Labute approximate surface area is 188 Å². The summed E-state index contributed by atoms with van der Waals surface area (Å²) in [6.45, 7) is 9.97. The fourth-order valence-electron chi connectivity index (χ4n) is 4.93. The predicted molar refractivity (Wildman–Crippen MR) is 126 cm³/mol. The van der Waals surface area contributed by atoms with Gasteiger partial charge in [0, 0.05) is 58.8 Å². The van der Waals surface area contributed by atoms with Crippen LogP contribution in [-0.2, 0) is 9.47 Å². The van der Waals surface area contributed by atoms with Crippen LogP contribution in [0.3, 0.4) is 0 Å². The summed E-state index contributed by atoms with van der Waals surface area (Å²) in [5.74, 6) is 3.36. The maximum Gasteiger partial charge on any atom is 0.193 e. The van der Waals surface area contributed by atoms with Crippen molar-refractivity contribution in [3.8, 4) is 0 Å². The molecule has 0 aromatic rings. The van der Waals surface area contributed by atoms with Crippen LogP contribution >= 0.6 is 24.0 Å². The molecule has 6 nitrogen and oxygen atoms in total. The highest BCUT2D eigenvalue weighted by Crippen LogP contribution is 2.28. The molecule has 28 heavy (non-hydrogen) atoms. The van der Waals surface area contributed by atoms with E-state index in [1.165, 1.54) is 32.1 Å². The Morgan fingerprint density at radius 2 is 1.82 bits per heavy atom. The lowest BCUT2D eigenvalue weighted by Gasteiger charge is -2.38. The second-order valence-corrected chi connectivity index (χ2v) is 8.77. The van der Waals surface area contributed by atoms with Gasteiger partial charge < -0.3 is 19.7 Å². The Morgan fingerprint density at radius 3 is 2.43 bits per heavy atom. The standard InChI is InChI=1S/C21H40N4O2.HI/c1-17-4-6-18(7-5-17)15-24(3)21(22-2)23-14-20(19-8-11-27-16-19)25-9-12-26-13-10-25;/h17-20H,4-16H2,1-3H3,(H,22,23);1H. The quantitative estimate of drug-likeness (QED) is 0.340. The molecule has 0 spiro atoms. The number of halogens is 1. The molecule has 1 saturated carbocycles. The lowest BCUT2D eigenvalue weighted by atomic mass is 9.83.